The number of ketones is 2. The molecular weight excluding hydrogens is 482 g/mol. The van der Waals surface area contributed by atoms with Crippen LogP contribution >= 0.6 is 0 Å². The van der Waals surface area contributed by atoms with Gasteiger partial charge in [0.1, 0.15) is 22.9 Å². The molecular formula is C31H33NO6. The molecule has 38 heavy (non-hydrogen) atoms. The lowest BCUT2D eigenvalue weighted by Crippen LogP contribution is -2.17. The molecule has 2 aromatic carbocycles. The summed E-state index contributed by atoms with van der Waals surface area (Å²) in [6.45, 7) is 3.19. The lowest BCUT2D eigenvalue weighted by atomic mass is 9.90. The van der Waals surface area contributed by atoms with Gasteiger partial charge < -0.3 is 14.2 Å². The van der Waals surface area contributed by atoms with E-state index in [9.17, 15) is 14.4 Å². The number of nitrogens with zero attached hydrogens (tertiary/aromatic N) is 1. The van der Waals surface area contributed by atoms with Gasteiger partial charge >= 0.3 is 5.97 Å². The number of aromatic nitrogens is 1. The molecule has 0 N–H and O–H groups in total. The van der Waals surface area contributed by atoms with Crippen LogP contribution in [-0.2, 0) is 9.53 Å². The Morgan fingerprint density at radius 3 is 2.58 bits per heavy atom. The number of Topliss-reactive ketones (excluding diaryl/α,β-unsaturated/α-hetero) is 2. The topological polar surface area (TPSA) is 91.8 Å². The molecule has 1 saturated carbocycles. The van der Waals surface area contributed by atoms with Gasteiger partial charge in [-0.3, -0.25) is 14.4 Å². The monoisotopic (exact) mass is 515 g/mol. The molecule has 7 heteroatoms. The van der Waals surface area contributed by atoms with Gasteiger partial charge in [-0.1, -0.05) is 37.5 Å². The Balaban J connectivity index is 1.23. The number of rotatable bonds is 10. The van der Waals surface area contributed by atoms with Gasteiger partial charge in [-0.25, -0.2) is 4.98 Å². The van der Waals surface area contributed by atoms with Gasteiger partial charge in [-0.05, 0) is 62.4 Å². The van der Waals surface area contributed by atoms with E-state index >= 15 is 0 Å². The van der Waals surface area contributed by atoms with Gasteiger partial charge in [-0.15, -0.1) is 0 Å². The molecule has 0 spiro atoms. The summed E-state index contributed by atoms with van der Waals surface area (Å²) in [7, 11) is 0. The van der Waals surface area contributed by atoms with E-state index in [-0.39, 0.29) is 17.5 Å². The van der Waals surface area contributed by atoms with Crippen LogP contribution in [0.4, 0.5) is 0 Å². The maximum Gasteiger partial charge on any atom is 0.305 e. The van der Waals surface area contributed by atoms with Gasteiger partial charge in [0.2, 0.25) is 0 Å². The Labute approximate surface area is 222 Å². The molecule has 1 fully saturated rings. The molecule has 1 atom stereocenters. The second-order valence-electron chi connectivity index (χ2n) is 10.0. The van der Waals surface area contributed by atoms with Crippen molar-refractivity contribution in [2.75, 3.05) is 19.8 Å². The van der Waals surface area contributed by atoms with Crippen LogP contribution in [-0.4, -0.2) is 42.3 Å². The van der Waals surface area contributed by atoms with Crippen molar-refractivity contribution in [3.05, 3.63) is 65.4 Å². The summed E-state index contributed by atoms with van der Waals surface area (Å²) < 4.78 is 17.0. The number of fused-ring (bicyclic) bond motifs is 2. The summed E-state index contributed by atoms with van der Waals surface area (Å²) in [4.78, 5) is 43.2. The number of benzene rings is 2. The first kappa shape index (κ1) is 25.9. The van der Waals surface area contributed by atoms with Crippen LogP contribution < -0.4 is 9.47 Å². The fraction of sp³-hybridized carbons (Fsp3) is 0.419. The van der Waals surface area contributed by atoms with Crippen molar-refractivity contribution in [2.24, 2.45) is 5.92 Å². The Hall–Kier alpha value is -3.74. The first-order valence-corrected chi connectivity index (χ1v) is 13.6. The molecule has 2 aliphatic carbocycles. The molecule has 0 amide bonds. The van der Waals surface area contributed by atoms with Crippen LogP contribution in [0.15, 0.2) is 48.5 Å². The highest BCUT2D eigenvalue weighted by Gasteiger charge is 2.41. The van der Waals surface area contributed by atoms with Crippen molar-refractivity contribution in [1.29, 1.82) is 0 Å². The quantitative estimate of drug-likeness (QED) is 0.184. The zero-order chi connectivity index (χ0) is 26.5. The molecule has 0 bridgehead atoms. The van der Waals surface area contributed by atoms with E-state index < -0.39 is 5.92 Å². The van der Waals surface area contributed by atoms with Crippen LogP contribution in [0.3, 0.4) is 0 Å². The van der Waals surface area contributed by atoms with Gasteiger partial charge in [0.05, 0.1) is 25.5 Å². The third-order valence-corrected chi connectivity index (χ3v) is 7.35. The Bertz CT molecular complexity index is 1340. The average Bonchev–Trinajstić information content (AvgIpc) is 3.19. The molecule has 0 aliphatic heterocycles. The first-order valence-electron chi connectivity index (χ1n) is 13.6. The van der Waals surface area contributed by atoms with Crippen LogP contribution in [0.5, 0.6) is 11.5 Å². The van der Waals surface area contributed by atoms with E-state index in [1.54, 1.807) is 24.3 Å². The number of pyridine rings is 1. The van der Waals surface area contributed by atoms with Gasteiger partial charge in [0, 0.05) is 22.9 Å². The van der Waals surface area contributed by atoms with Crippen LogP contribution in [0.25, 0.3) is 10.9 Å². The Morgan fingerprint density at radius 1 is 0.947 bits per heavy atom. The molecule has 1 unspecified atom stereocenters. The second-order valence-corrected chi connectivity index (χ2v) is 10.0. The van der Waals surface area contributed by atoms with Gasteiger partial charge in [0.25, 0.3) is 0 Å². The second kappa shape index (κ2) is 11.8. The summed E-state index contributed by atoms with van der Waals surface area (Å²) >= 11 is 0. The van der Waals surface area contributed by atoms with E-state index in [4.69, 9.17) is 19.2 Å². The highest BCUT2D eigenvalue weighted by atomic mass is 16.5. The third kappa shape index (κ3) is 5.57. The zero-order valence-electron chi connectivity index (χ0n) is 21.7. The number of esters is 1. The number of hydrogen-bond donors (Lipinski definition) is 0. The number of carbonyl (C=O) groups excluding carboxylic acids is 3. The SMILES string of the molecule is CCOc1ccc2c(c1)C(=O)C(c1ccc3cccc(OCCCC(=O)OCC4CCCCC4)c3n1)C2=O. The van der Waals surface area contributed by atoms with E-state index in [2.05, 4.69) is 0 Å². The normalized spacial score (nSPS) is 17.4. The largest absolute Gasteiger partial charge is 0.494 e. The maximum absolute atomic E-state index is 13.2. The van der Waals surface area contributed by atoms with Gasteiger partial charge in [0.15, 0.2) is 11.6 Å². The van der Waals surface area contributed by atoms with Crippen LogP contribution in [0.1, 0.15) is 84.2 Å². The summed E-state index contributed by atoms with van der Waals surface area (Å²) in [5, 5.41) is 0.840. The minimum absolute atomic E-state index is 0.192. The fourth-order valence-electron chi connectivity index (χ4n) is 5.34. The highest BCUT2D eigenvalue weighted by Crippen LogP contribution is 2.36. The smallest absolute Gasteiger partial charge is 0.305 e. The fourth-order valence-corrected chi connectivity index (χ4v) is 5.34. The molecule has 198 valence electrons. The molecule has 7 nitrogen and oxygen atoms in total. The van der Waals surface area contributed by atoms with Crippen LogP contribution in [0, 0.1) is 5.92 Å². The minimum Gasteiger partial charge on any atom is -0.494 e. The highest BCUT2D eigenvalue weighted by molar-refractivity contribution is 6.29. The Morgan fingerprint density at radius 2 is 1.76 bits per heavy atom. The molecule has 3 aromatic rings. The molecule has 2 aliphatic rings. The summed E-state index contributed by atoms with van der Waals surface area (Å²) in [6.07, 6.45) is 6.83. The summed E-state index contributed by atoms with van der Waals surface area (Å²) in [5.74, 6) is -0.102. The van der Waals surface area contributed by atoms with Crippen molar-refractivity contribution < 1.29 is 28.6 Å². The summed E-state index contributed by atoms with van der Waals surface area (Å²) in [6, 6.07) is 14.2. The third-order valence-electron chi connectivity index (χ3n) is 7.35. The van der Waals surface area contributed by atoms with Crippen molar-refractivity contribution in [3.63, 3.8) is 0 Å². The predicted molar refractivity (Wildman–Crippen MR) is 143 cm³/mol. The Kier molecular flexibility index (Phi) is 8.01. The summed E-state index contributed by atoms with van der Waals surface area (Å²) in [5.41, 5.74) is 1.73. The zero-order valence-corrected chi connectivity index (χ0v) is 21.7. The van der Waals surface area contributed by atoms with E-state index in [0.29, 0.717) is 72.4 Å². The molecule has 1 aromatic heterocycles. The molecule has 1 heterocycles. The predicted octanol–water partition coefficient (Wildman–Crippen LogP) is 6.08. The molecule has 5 rings (SSSR count). The van der Waals surface area contributed by atoms with Crippen molar-refractivity contribution in [2.45, 2.75) is 57.8 Å². The van der Waals surface area contributed by atoms with Crippen molar-refractivity contribution in [1.82, 2.24) is 4.98 Å². The number of para-hydroxylation sites is 1. The van der Waals surface area contributed by atoms with Crippen molar-refractivity contribution in [3.8, 4) is 11.5 Å². The minimum atomic E-state index is -0.988. The number of ether oxygens (including phenoxy) is 3. The number of carbonyl (C=O) groups is 3. The van der Waals surface area contributed by atoms with Crippen LogP contribution in [0.2, 0.25) is 0 Å². The van der Waals surface area contributed by atoms with E-state index in [0.717, 1.165) is 18.2 Å². The molecule has 0 saturated heterocycles. The molecule has 0 radical (unpaired) electrons. The number of hydrogen-bond acceptors (Lipinski definition) is 7. The first-order chi connectivity index (χ1) is 18.5. The standard InChI is InChI=1S/C31H33NO6/c1-2-36-22-14-15-23-24(18-22)31(35)28(30(23)34)25-16-13-21-10-6-11-26(29(21)32-25)37-17-7-12-27(33)38-19-20-8-4-3-5-9-20/h6,10-11,13-16,18,20,28H,2-5,7-9,12,17,19H2,1H3. The average molecular weight is 516 g/mol. The van der Waals surface area contributed by atoms with E-state index in [1.165, 1.54) is 19.3 Å². The lowest BCUT2D eigenvalue weighted by Gasteiger charge is -2.21. The van der Waals surface area contributed by atoms with Crippen molar-refractivity contribution >= 4 is 28.4 Å². The van der Waals surface area contributed by atoms with E-state index in [1.807, 2.05) is 31.2 Å². The maximum atomic E-state index is 13.2. The lowest BCUT2D eigenvalue weighted by molar-refractivity contribution is -0.145. The van der Waals surface area contributed by atoms with Gasteiger partial charge in [-0.2, -0.15) is 0 Å².